The zero-order valence-corrected chi connectivity index (χ0v) is 44.6. The number of rotatable bonds is 31. The summed E-state index contributed by atoms with van der Waals surface area (Å²) in [5.41, 5.74) is 7.69. The Morgan fingerprint density at radius 3 is 1.01 bits per heavy atom. The molecule has 0 spiro atoms. The molecule has 4 aromatic rings. The van der Waals surface area contributed by atoms with E-state index < -0.39 is 139 Å². The van der Waals surface area contributed by atoms with Crippen LogP contribution in [0.4, 0.5) is 0 Å². The molecule has 0 aliphatic rings. The summed E-state index contributed by atoms with van der Waals surface area (Å²) in [5, 5.41) is 86.6. The molecule has 8 atom stereocenters. The van der Waals surface area contributed by atoms with Gasteiger partial charge in [-0.3, -0.25) is 47.9 Å². The highest BCUT2D eigenvalue weighted by atomic mass is 32.1. The molecule has 0 aliphatic heterocycles. The third-order valence-corrected chi connectivity index (χ3v) is 12.6. The van der Waals surface area contributed by atoms with E-state index in [4.69, 9.17) is 5.73 Å². The lowest BCUT2D eigenvalue weighted by molar-refractivity contribution is -0.142. The third kappa shape index (κ3) is 21.9. The number of hydrogen-bond donors (Lipinski definition) is 18. The van der Waals surface area contributed by atoms with Crippen LogP contribution in [0.1, 0.15) is 35.1 Å². The quantitative estimate of drug-likeness (QED) is 0.0232. The number of aromatic hydroxyl groups is 4. The van der Waals surface area contributed by atoms with Gasteiger partial charge in [0, 0.05) is 30.8 Å². The van der Waals surface area contributed by atoms with Gasteiger partial charge in [-0.05, 0) is 77.2 Å². The maximum Gasteiger partial charge on any atom is 0.326 e. The van der Waals surface area contributed by atoms with Crippen LogP contribution in [0.2, 0.25) is 0 Å². The highest BCUT2D eigenvalue weighted by Gasteiger charge is 2.35. The minimum Gasteiger partial charge on any atom is -0.508 e. The minimum atomic E-state index is -2.03. The molecule has 0 aromatic heterocycles. The van der Waals surface area contributed by atoms with Crippen LogP contribution in [-0.2, 0) is 78.4 Å². The van der Waals surface area contributed by atoms with Gasteiger partial charge in [0.15, 0.2) is 0 Å². The van der Waals surface area contributed by atoms with Crippen molar-refractivity contribution in [3.8, 4) is 23.0 Å². The predicted octanol–water partition coefficient (Wildman–Crippen LogP) is -2.49. The lowest BCUT2D eigenvalue weighted by Crippen LogP contribution is -2.60. The average molecular weight is 1160 g/mol. The number of carboxylic acids is 3. The number of benzene rings is 4. The predicted molar refractivity (Wildman–Crippen MR) is 292 cm³/mol. The zero-order chi connectivity index (χ0) is 59.9. The van der Waals surface area contributed by atoms with Gasteiger partial charge in [-0.2, -0.15) is 25.3 Å². The fraction of sp³-hybridized carbons (Fsp3) is 0.327. The molecule has 81 heavy (non-hydrogen) atoms. The molecular formula is C52H61N9O18S2. The molecule has 0 bridgehead atoms. The molecule has 0 fully saturated rings. The first-order valence-electron chi connectivity index (χ1n) is 24.5. The molecule has 4 aromatic carbocycles. The molecular weight excluding hydrogens is 1100 g/mol. The number of carboxylic acid groups (broad SMARTS) is 3. The van der Waals surface area contributed by atoms with Crippen molar-refractivity contribution in [3.05, 3.63) is 119 Å². The Balaban J connectivity index is 1.51. The summed E-state index contributed by atoms with van der Waals surface area (Å²) in [7, 11) is 0. The second-order valence-electron chi connectivity index (χ2n) is 18.2. The van der Waals surface area contributed by atoms with E-state index in [1.54, 1.807) is 0 Å². The molecule has 8 amide bonds. The van der Waals surface area contributed by atoms with Crippen LogP contribution in [0.3, 0.4) is 0 Å². The smallest absolute Gasteiger partial charge is 0.326 e. The van der Waals surface area contributed by atoms with E-state index in [0.717, 1.165) is 0 Å². The molecule has 17 N–H and O–H groups in total. The minimum absolute atomic E-state index is 0.00346. The van der Waals surface area contributed by atoms with Crippen molar-refractivity contribution >= 4 is 90.4 Å². The van der Waals surface area contributed by atoms with E-state index in [0.29, 0.717) is 16.7 Å². The van der Waals surface area contributed by atoms with Crippen molar-refractivity contribution in [1.29, 1.82) is 0 Å². The van der Waals surface area contributed by atoms with Gasteiger partial charge < -0.3 is 84.0 Å². The van der Waals surface area contributed by atoms with Crippen LogP contribution in [0.5, 0.6) is 23.0 Å². The molecule has 434 valence electrons. The summed E-state index contributed by atoms with van der Waals surface area (Å²) < 4.78 is 0. The van der Waals surface area contributed by atoms with Gasteiger partial charge in [0.2, 0.25) is 47.3 Å². The second kappa shape index (κ2) is 31.5. The van der Waals surface area contributed by atoms with Crippen molar-refractivity contribution in [2.45, 2.75) is 86.9 Å². The Morgan fingerprint density at radius 2 is 0.654 bits per heavy atom. The van der Waals surface area contributed by atoms with Crippen LogP contribution in [0, 0.1) is 0 Å². The van der Waals surface area contributed by atoms with Gasteiger partial charge in [-0.1, -0.05) is 48.5 Å². The van der Waals surface area contributed by atoms with Gasteiger partial charge in [0.25, 0.3) is 0 Å². The lowest BCUT2D eigenvalue weighted by atomic mass is 10.0. The monoisotopic (exact) mass is 1160 g/mol. The Labute approximate surface area is 472 Å². The first kappa shape index (κ1) is 64.4. The normalized spacial score (nSPS) is 13.8. The average Bonchev–Trinajstić information content (AvgIpc) is 3.41. The number of amides is 8. The Hall–Kier alpha value is -9.09. The summed E-state index contributed by atoms with van der Waals surface area (Å²) in [6.45, 7) is -0.934. The second-order valence-corrected chi connectivity index (χ2v) is 18.9. The summed E-state index contributed by atoms with van der Waals surface area (Å²) in [5.74, 6) is -14.7. The van der Waals surface area contributed by atoms with E-state index in [1.165, 1.54) is 97.1 Å². The number of aliphatic carboxylic acids is 3. The topological polar surface area (TPSA) is 452 Å². The fourth-order valence-corrected chi connectivity index (χ4v) is 8.05. The van der Waals surface area contributed by atoms with Crippen LogP contribution in [0.25, 0.3) is 0 Å². The molecule has 27 nitrogen and oxygen atoms in total. The van der Waals surface area contributed by atoms with Crippen molar-refractivity contribution < 1.29 is 88.5 Å². The van der Waals surface area contributed by atoms with E-state index >= 15 is 0 Å². The molecule has 0 heterocycles. The molecule has 0 saturated carbocycles. The highest BCUT2D eigenvalue weighted by molar-refractivity contribution is 7.80. The van der Waals surface area contributed by atoms with Crippen LogP contribution >= 0.6 is 25.3 Å². The number of nitrogens with two attached hydrogens (primary N) is 1. The molecule has 0 radical (unpaired) electrons. The molecule has 0 aliphatic carbocycles. The Kier molecular flexibility index (Phi) is 25.0. The van der Waals surface area contributed by atoms with Crippen LogP contribution in [-0.4, -0.2) is 167 Å². The molecule has 4 rings (SSSR count). The third-order valence-electron chi connectivity index (χ3n) is 11.8. The van der Waals surface area contributed by atoms with Crippen molar-refractivity contribution in [2.24, 2.45) is 5.73 Å². The molecule has 0 saturated heterocycles. The first-order chi connectivity index (χ1) is 38.3. The van der Waals surface area contributed by atoms with Crippen molar-refractivity contribution in [3.63, 3.8) is 0 Å². The Morgan fingerprint density at radius 1 is 0.370 bits per heavy atom. The zero-order valence-electron chi connectivity index (χ0n) is 42.8. The number of nitrogens with one attached hydrogen (secondary N) is 8. The van der Waals surface area contributed by atoms with Crippen LogP contribution < -0.4 is 48.3 Å². The standard InChI is InChI=1S/C52H61N9O18S2/c53-34(17-26-1-9-30(62)10-2-26)45(71)61-41(25-81)51(77)57-36(19-28-5-13-32(64)14-6-28)48(74)59-38(22-44(69)70)49(75)56-35(18-27-3-11-31(63)12-4-27)47(73)58-37(21-43(67)68)46(72)54-23-42(66)55-40(24-80)50(76)60-39(52(78)79)20-29-7-15-33(65)16-8-29/h1-16,34-41,62-65,80-81H,17-25,53H2,(H,54,72)(H,55,66)(H,56,75)(H,57,77)(H,58,73)(H,59,74)(H,60,76)(H,61,71)(H,67,68)(H,69,70)(H,78,79)/t34-,35-,36-,37-,38-,39-,40-,41-/m0/s1. The largest absolute Gasteiger partial charge is 0.508 e. The number of thiol groups is 2. The SMILES string of the molecule is N[C@@H](Cc1ccc(O)cc1)C(=O)N[C@@H](CS)C(=O)N[C@@H](Cc1ccc(O)cc1)C(=O)N[C@@H](CC(=O)O)C(=O)N[C@@H](Cc1ccc(O)cc1)C(=O)N[C@@H](CC(=O)O)C(=O)NCC(=O)N[C@@H](CS)C(=O)N[C@@H](Cc1ccc(O)cc1)C(=O)O. The summed E-state index contributed by atoms with van der Waals surface area (Å²) in [4.78, 5) is 145. The van der Waals surface area contributed by atoms with Gasteiger partial charge >= 0.3 is 17.9 Å². The number of phenols is 4. The van der Waals surface area contributed by atoms with Crippen molar-refractivity contribution in [2.75, 3.05) is 18.1 Å². The number of carbonyl (C=O) groups is 11. The van der Waals surface area contributed by atoms with E-state index in [-0.39, 0.29) is 59.3 Å². The van der Waals surface area contributed by atoms with Gasteiger partial charge in [0.05, 0.1) is 25.4 Å². The maximum absolute atomic E-state index is 14.2. The number of hydrogen-bond acceptors (Lipinski definition) is 18. The molecule has 0 unspecified atom stereocenters. The maximum atomic E-state index is 14.2. The van der Waals surface area contributed by atoms with Gasteiger partial charge in [-0.15, -0.1) is 0 Å². The highest BCUT2D eigenvalue weighted by Crippen LogP contribution is 2.16. The Bertz CT molecular complexity index is 2880. The summed E-state index contributed by atoms with van der Waals surface area (Å²) >= 11 is 8.23. The number of phenolic OH excluding ortho intramolecular Hbond substituents is 4. The van der Waals surface area contributed by atoms with E-state index in [2.05, 4.69) is 67.8 Å². The van der Waals surface area contributed by atoms with E-state index in [9.17, 15) is 88.5 Å². The van der Waals surface area contributed by atoms with Crippen molar-refractivity contribution in [1.82, 2.24) is 42.5 Å². The lowest BCUT2D eigenvalue weighted by Gasteiger charge is -2.27. The van der Waals surface area contributed by atoms with Gasteiger partial charge in [0.1, 0.15) is 65.3 Å². The van der Waals surface area contributed by atoms with E-state index in [1.807, 2.05) is 0 Å². The first-order valence-corrected chi connectivity index (χ1v) is 25.8. The summed E-state index contributed by atoms with van der Waals surface area (Å²) in [6.07, 6.45) is -3.30. The van der Waals surface area contributed by atoms with Crippen LogP contribution in [0.15, 0.2) is 97.1 Å². The molecule has 29 heteroatoms. The fourth-order valence-electron chi connectivity index (χ4n) is 7.53. The number of carbonyl (C=O) groups excluding carboxylic acids is 8. The van der Waals surface area contributed by atoms with Gasteiger partial charge in [-0.25, -0.2) is 4.79 Å². The summed E-state index contributed by atoms with van der Waals surface area (Å²) in [6, 6.07) is 8.73.